The monoisotopic (exact) mass is 267 g/mol. The Balaban J connectivity index is 1.85. The van der Waals surface area contributed by atoms with Crippen molar-refractivity contribution in [1.29, 1.82) is 0 Å². The number of anilines is 1. The molecule has 0 atom stereocenters. The summed E-state index contributed by atoms with van der Waals surface area (Å²) < 4.78 is 0. The minimum atomic E-state index is 0.351. The molecule has 3 rings (SSSR count). The first-order chi connectivity index (χ1) is 9.72. The molecule has 0 spiro atoms. The van der Waals surface area contributed by atoms with Gasteiger partial charge in [-0.1, -0.05) is 18.2 Å². The Kier molecular flexibility index (Phi) is 3.68. The van der Waals surface area contributed by atoms with Gasteiger partial charge in [-0.3, -0.25) is 0 Å². The van der Waals surface area contributed by atoms with Crippen LogP contribution in [0.25, 0.3) is 11.1 Å². The topological polar surface area (TPSA) is 37.8 Å². The Hall–Kier alpha value is -1.90. The van der Waals surface area contributed by atoms with Crippen molar-refractivity contribution in [2.75, 3.05) is 5.32 Å². The third kappa shape index (κ3) is 2.82. The second-order valence-electron chi connectivity index (χ2n) is 5.78. The summed E-state index contributed by atoms with van der Waals surface area (Å²) in [5, 5.41) is 3.21. The number of aryl methyl sites for hydroxylation is 2. The lowest BCUT2D eigenvalue weighted by atomic mass is 9.89. The van der Waals surface area contributed by atoms with Crippen molar-refractivity contribution in [3.8, 4) is 11.1 Å². The van der Waals surface area contributed by atoms with Crippen LogP contribution in [0.5, 0.6) is 0 Å². The number of hydrogen-bond acceptors (Lipinski definition) is 3. The molecule has 0 aliphatic heterocycles. The Labute approximate surface area is 120 Å². The second kappa shape index (κ2) is 5.61. The number of rotatable bonds is 3. The maximum Gasteiger partial charge on any atom is 0.222 e. The molecule has 1 heterocycles. The van der Waals surface area contributed by atoms with E-state index in [0.717, 1.165) is 5.56 Å². The SMILES string of the molecule is CC(C)Nc1ncc(-c2ccc3c(c2)CCCC3)cn1. The zero-order chi connectivity index (χ0) is 13.9. The highest BCUT2D eigenvalue weighted by Gasteiger charge is 2.10. The van der Waals surface area contributed by atoms with Crippen LogP contribution >= 0.6 is 0 Å². The van der Waals surface area contributed by atoms with E-state index in [0.29, 0.717) is 12.0 Å². The first kappa shape index (κ1) is 13.1. The minimum absolute atomic E-state index is 0.351. The van der Waals surface area contributed by atoms with E-state index in [-0.39, 0.29) is 0 Å². The fourth-order valence-electron chi connectivity index (χ4n) is 2.72. The van der Waals surface area contributed by atoms with Gasteiger partial charge in [-0.25, -0.2) is 9.97 Å². The maximum atomic E-state index is 4.39. The van der Waals surface area contributed by atoms with Crippen molar-refractivity contribution < 1.29 is 0 Å². The third-order valence-corrected chi connectivity index (χ3v) is 3.75. The first-order valence-electron chi connectivity index (χ1n) is 7.43. The molecule has 104 valence electrons. The Bertz CT molecular complexity index is 588. The van der Waals surface area contributed by atoms with Gasteiger partial charge >= 0.3 is 0 Å². The van der Waals surface area contributed by atoms with Gasteiger partial charge in [0.1, 0.15) is 0 Å². The number of aromatic nitrogens is 2. The highest BCUT2D eigenvalue weighted by Crippen LogP contribution is 2.27. The molecule has 1 N–H and O–H groups in total. The van der Waals surface area contributed by atoms with E-state index < -0.39 is 0 Å². The van der Waals surface area contributed by atoms with Gasteiger partial charge in [0.2, 0.25) is 5.95 Å². The predicted octanol–water partition coefficient (Wildman–Crippen LogP) is 3.84. The van der Waals surface area contributed by atoms with E-state index >= 15 is 0 Å². The van der Waals surface area contributed by atoms with Crippen LogP contribution in [0.15, 0.2) is 30.6 Å². The van der Waals surface area contributed by atoms with Gasteiger partial charge in [0, 0.05) is 24.0 Å². The Morgan fingerprint density at radius 2 is 1.65 bits per heavy atom. The zero-order valence-corrected chi connectivity index (χ0v) is 12.2. The standard InChI is InChI=1S/C17H21N3/c1-12(2)20-17-18-10-16(11-19-17)15-8-7-13-5-3-4-6-14(13)9-15/h7-12H,3-6H2,1-2H3,(H,18,19,20). The van der Waals surface area contributed by atoms with Crippen molar-refractivity contribution in [2.24, 2.45) is 0 Å². The molecule has 0 saturated heterocycles. The smallest absolute Gasteiger partial charge is 0.222 e. The lowest BCUT2D eigenvalue weighted by Gasteiger charge is -2.16. The second-order valence-corrected chi connectivity index (χ2v) is 5.78. The van der Waals surface area contributed by atoms with Gasteiger partial charge in [-0.2, -0.15) is 0 Å². The summed E-state index contributed by atoms with van der Waals surface area (Å²) in [5.41, 5.74) is 5.33. The number of nitrogens with zero attached hydrogens (tertiary/aromatic N) is 2. The average Bonchev–Trinajstić information content (AvgIpc) is 2.47. The van der Waals surface area contributed by atoms with E-state index in [2.05, 4.69) is 47.3 Å². The van der Waals surface area contributed by atoms with Gasteiger partial charge in [-0.15, -0.1) is 0 Å². The van der Waals surface area contributed by atoms with Crippen LogP contribution in [-0.4, -0.2) is 16.0 Å². The van der Waals surface area contributed by atoms with E-state index in [9.17, 15) is 0 Å². The molecule has 0 amide bonds. The maximum absolute atomic E-state index is 4.39. The molecule has 1 aromatic carbocycles. The highest BCUT2D eigenvalue weighted by molar-refractivity contribution is 5.64. The molecule has 3 nitrogen and oxygen atoms in total. The molecule has 0 bridgehead atoms. The first-order valence-corrected chi connectivity index (χ1v) is 7.43. The largest absolute Gasteiger partial charge is 0.352 e. The molecule has 1 aromatic heterocycles. The molecule has 2 aromatic rings. The van der Waals surface area contributed by atoms with Gasteiger partial charge in [0.25, 0.3) is 0 Å². The molecule has 3 heteroatoms. The molecule has 1 aliphatic rings. The fourth-order valence-corrected chi connectivity index (χ4v) is 2.72. The summed E-state index contributed by atoms with van der Waals surface area (Å²) in [6, 6.07) is 7.12. The fraction of sp³-hybridized carbons (Fsp3) is 0.412. The van der Waals surface area contributed by atoms with Gasteiger partial charge in [0.05, 0.1) is 0 Å². The molecule has 0 radical (unpaired) electrons. The summed E-state index contributed by atoms with van der Waals surface area (Å²) in [6.07, 6.45) is 8.88. The summed E-state index contributed by atoms with van der Waals surface area (Å²) >= 11 is 0. The predicted molar refractivity (Wildman–Crippen MR) is 82.9 cm³/mol. The highest BCUT2D eigenvalue weighted by atomic mass is 15.1. The van der Waals surface area contributed by atoms with E-state index in [4.69, 9.17) is 0 Å². The summed E-state index contributed by atoms with van der Waals surface area (Å²) in [7, 11) is 0. The molecule has 20 heavy (non-hydrogen) atoms. The number of benzene rings is 1. The number of fused-ring (bicyclic) bond motifs is 1. The number of nitrogens with one attached hydrogen (secondary N) is 1. The van der Waals surface area contributed by atoms with Gasteiger partial charge in [0.15, 0.2) is 0 Å². The third-order valence-electron chi connectivity index (χ3n) is 3.75. The van der Waals surface area contributed by atoms with Crippen LogP contribution < -0.4 is 5.32 Å². The summed E-state index contributed by atoms with van der Waals surface area (Å²) in [6.45, 7) is 4.17. The van der Waals surface area contributed by atoms with Crippen molar-refractivity contribution >= 4 is 5.95 Å². The van der Waals surface area contributed by atoms with Crippen molar-refractivity contribution in [2.45, 2.75) is 45.6 Å². The lowest BCUT2D eigenvalue weighted by molar-refractivity contribution is 0.686. The molecule has 0 fully saturated rings. The molecule has 0 unspecified atom stereocenters. The van der Waals surface area contributed by atoms with Crippen LogP contribution in [0, 0.1) is 0 Å². The molecule has 0 saturated carbocycles. The lowest BCUT2D eigenvalue weighted by Crippen LogP contribution is -2.12. The summed E-state index contributed by atoms with van der Waals surface area (Å²) in [5.74, 6) is 0.696. The van der Waals surface area contributed by atoms with Crippen molar-refractivity contribution in [3.63, 3.8) is 0 Å². The van der Waals surface area contributed by atoms with Crippen LogP contribution in [0.4, 0.5) is 5.95 Å². The Morgan fingerprint density at radius 3 is 2.35 bits per heavy atom. The molecule has 1 aliphatic carbocycles. The quantitative estimate of drug-likeness (QED) is 0.918. The van der Waals surface area contributed by atoms with Crippen LogP contribution in [0.3, 0.4) is 0 Å². The van der Waals surface area contributed by atoms with E-state index in [1.807, 2.05) is 12.4 Å². The van der Waals surface area contributed by atoms with Crippen LogP contribution in [0.1, 0.15) is 37.8 Å². The van der Waals surface area contributed by atoms with Gasteiger partial charge < -0.3 is 5.32 Å². The van der Waals surface area contributed by atoms with Crippen molar-refractivity contribution in [1.82, 2.24) is 9.97 Å². The normalized spacial score (nSPS) is 14.2. The molecular formula is C17H21N3. The minimum Gasteiger partial charge on any atom is -0.352 e. The van der Waals surface area contributed by atoms with E-state index in [1.165, 1.54) is 42.4 Å². The van der Waals surface area contributed by atoms with Crippen molar-refractivity contribution in [3.05, 3.63) is 41.7 Å². The van der Waals surface area contributed by atoms with Crippen LogP contribution in [0.2, 0.25) is 0 Å². The number of hydrogen-bond donors (Lipinski definition) is 1. The van der Waals surface area contributed by atoms with Gasteiger partial charge in [-0.05, 0) is 56.2 Å². The molecular weight excluding hydrogens is 246 g/mol. The summed E-state index contributed by atoms with van der Waals surface area (Å²) in [4.78, 5) is 8.77. The average molecular weight is 267 g/mol. The zero-order valence-electron chi connectivity index (χ0n) is 12.2. The Morgan fingerprint density at radius 1 is 0.950 bits per heavy atom. The van der Waals surface area contributed by atoms with Crippen LogP contribution in [-0.2, 0) is 12.8 Å². The van der Waals surface area contributed by atoms with E-state index in [1.54, 1.807) is 0 Å².